The minimum absolute atomic E-state index is 0.188. The van der Waals surface area contributed by atoms with Crippen molar-refractivity contribution in [1.82, 2.24) is 0 Å². The predicted molar refractivity (Wildman–Crippen MR) is 67.3 cm³/mol. The minimum Gasteiger partial charge on any atom is -0.293 e. The first-order chi connectivity index (χ1) is 7.90. The molecule has 0 bridgehead atoms. The number of carbonyl (C=O) groups excluding carboxylic acids is 1. The average Bonchev–Trinajstić information content (AvgIpc) is 2.28. The fourth-order valence-corrected chi connectivity index (χ4v) is 2.56. The second-order valence-electron chi connectivity index (χ2n) is 3.90. The number of ketones is 1. The number of hydrogen-bond donors (Lipinski definition) is 1. The van der Waals surface area contributed by atoms with E-state index >= 15 is 0 Å². The summed E-state index contributed by atoms with van der Waals surface area (Å²) in [5.74, 6) is -0.433. The van der Waals surface area contributed by atoms with Gasteiger partial charge in [0.15, 0.2) is 5.78 Å². The third kappa shape index (κ3) is 3.38. The number of carbonyl (C=O) groups is 1. The Morgan fingerprint density at radius 2 is 1.76 bits per heavy atom. The standard InChI is InChI=1S/C12H17NO3S/c1-3-9-5-7-10(8-6-9)12(14)11(4-2)17(13,15)16/h5-8,11H,3-4H2,1-2H3,(H2,13,15,16). The molecule has 0 radical (unpaired) electrons. The van der Waals surface area contributed by atoms with E-state index in [-0.39, 0.29) is 6.42 Å². The summed E-state index contributed by atoms with van der Waals surface area (Å²) in [5, 5.41) is 3.89. The molecule has 2 N–H and O–H groups in total. The summed E-state index contributed by atoms with van der Waals surface area (Å²) in [6.07, 6.45) is 1.06. The molecule has 0 aliphatic carbocycles. The summed E-state index contributed by atoms with van der Waals surface area (Å²) in [4.78, 5) is 12.0. The zero-order valence-electron chi connectivity index (χ0n) is 10.0. The van der Waals surface area contributed by atoms with E-state index in [2.05, 4.69) is 0 Å². The van der Waals surface area contributed by atoms with Crippen molar-refractivity contribution in [2.75, 3.05) is 0 Å². The Labute approximate surface area is 102 Å². The Balaban J connectivity index is 3.02. The van der Waals surface area contributed by atoms with Gasteiger partial charge in [0, 0.05) is 5.56 Å². The van der Waals surface area contributed by atoms with Gasteiger partial charge in [0.1, 0.15) is 5.25 Å². The van der Waals surface area contributed by atoms with Crippen molar-refractivity contribution >= 4 is 15.8 Å². The fraction of sp³-hybridized carbons (Fsp3) is 0.417. The molecule has 4 nitrogen and oxygen atoms in total. The Hall–Kier alpha value is -1.20. The highest BCUT2D eigenvalue weighted by molar-refractivity contribution is 7.90. The number of sulfonamides is 1. The summed E-state index contributed by atoms with van der Waals surface area (Å²) in [6.45, 7) is 3.64. The Morgan fingerprint density at radius 3 is 2.12 bits per heavy atom. The van der Waals surface area contributed by atoms with E-state index in [1.807, 2.05) is 19.1 Å². The van der Waals surface area contributed by atoms with Gasteiger partial charge < -0.3 is 0 Å². The normalized spacial score (nSPS) is 13.4. The SMILES string of the molecule is CCc1ccc(C(=O)C(CC)S(N)(=O)=O)cc1. The van der Waals surface area contributed by atoms with Gasteiger partial charge in [-0.15, -0.1) is 0 Å². The molecule has 0 aliphatic heterocycles. The molecule has 0 aromatic heterocycles. The summed E-state index contributed by atoms with van der Waals surface area (Å²) in [5.41, 5.74) is 1.49. The Bertz CT molecular complexity index is 491. The third-order valence-electron chi connectivity index (χ3n) is 2.71. The maximum Gasteiger partial charge on any atom is 0.219 e. The maximum atomic E-state index is 12.0. The first kappa shape index (κ1) is 13.9. The van der Waals surface area contributed by atoms with Crippen LogP contribution in [0, 0.1) is 0 Å². The van der Waals surface area contributed by atoms with Gasteiger partial charge in [0.2, 0.25) is 10.0 Å². The number of rotatable bonds is 5. The first-order valence-electron chi connectivity index (χ1n) is 5.54. The number of nitrogens with two attached hydrogens (primary N) is 1. The average molecular weight is 255 g/mol. The molecule has 1 unspecified atom stereocenters. The molecule has 1 atom stereocenters. The van der Waals surface area contributed by atoms with E-state index in [0.717, 1.165) is 12.0 Å². The molecule has 0 aliphatic rings. The van der Waals surface area contributed by atoms with Crippen LogP contribution in [0.15, 0.2) is 24.3 Å². The van der Waals surface area contributed by atoms with Gasteiger partial charge in [-0.2, -0.15) is 0 Å². The highest BCUT2D eigenvalue weighted by Gasteiger charge is 2.28. The second kappa shape index (κ2) is 5.42. The topological polar surface area (TPSA) is 77.2 Å². The number of Topliss-reactive ketones (excluding diaryl/α,β-unsaturated/α-hetero) is 1. The van der Waals surface area contributed by atoms with E-state index in [1.165, 1.54) is 0 Å². The van der Waals surface area contributed by atoms with Crippen molar-refractivity contribution in [2.24, 2.45) is 5.14 Å². The molecular weight excluding hydrogens is 238 g/mol. The number of primary sulfonamides is 1. The van der Waals surface area contributed by atoms with Crippen molar-refractivity contribution in [3.05, 3.63) is 35.4 Å². The van der Waals surface area contributed by atoms with Crippen LogP contribution in [0.3, 0.4) is 0 Å². The van der Waals surface area contributed by atoms with Crippen molar-refractivity contribution < 1.29 is 13.2 Å². The van der Waals surface area contributed by atoms with Crippen LogP contribution in [-0.2, 0) is 16.4 Å². The zero-order chi connectivity index (χ0) is 13.1. The minimum atomic E-state index is -3.83. The van der Waals surface area contributed by atoms with Gasteiger partial charge in [0.05, 0.1) is 0 Å². The number of aryl methyl sites for hydroxylation is 1. The third-order valence-corrected chi connectivity index (χ3v) is 4.05. The van der Waals surface area contributed by atoms with Crippen LogP contribution >= 0.6 is 0 Å². The predicted octanol–water partition coefficient (Wildman–Crippen LogP) is 1.50. The molecule has 0 saturated carbocycles. The Morgan fingerprint density at radius 1 is 1.24 bits per heavy atom. The zero-order valence-corrected chi connectivity index (χ0v) is 10.8. The number of hydrogen-bond acceptors (Lipinski definition) is 3. The van der Waals surface area contributed by atoms with Crippen LogP contribution in [0.4, 0.5) is 0 Å². The molecule has 1 aromatic carbocycles. The van der Waals surface area contributed by atoms with Crippen molar-refractivity contribution in [3.8, 4) is 0 Å². The van der Waals surface area contributed by atoms with Crippen molar-refractivity contribution in [2.45, 2.75) is 31.9 Å². The second-order valence-corrected chi connectivity index (χ2v) is 5.65. The molecule has 0 heterocycles. The summed E-state index contributed by atoms with van der Waals surface area (Å²) in [6, 6.07) is 6.94. The van der Waals surface area contributed by atoms with E-state index in [1.54, 1.807) is 19.1 Å². The monoisotopic (exact) mass is 255 g/mol. The number of benzene rings is 1. The highest BCUT2D eigenvalue weighted by atomic mass is 32.2. The lowest BCUT2D eigenvalue weighted by Gasteiger charge is -2.11. The highest BCUT2D eigenvalue weighted by Crippen LogP contribution is 2.13. The fourth-order valence-electron chi connectivity index (χ4n) is 1.66. The van der Waals surface area contributed by atoms with Gasteiger partial charge in [0.25, 0.3) is 0 Å². The van der Waals surface area contributed by atoms with E-state index in [0.29, 0.717) is 5.56 Å². The maximum absolute atomic E-state index is 12.0. The molecule has 1 rings (SSSR count). The Kier molecular flexibility index (Phi) is 4.42. The molecule has 0 fully saturated rings. The summed E-state index contributed by atoms with van der Waals surface area (Å²) < 4.78 is 22.5. The van der Waals surface area contributed by atoms with E-state index in [4.69, 9.17) is 5.14 Å². The lowest BCUT2D eigenvalue weighted by molar-refractivity contribution is 0.0985. The van der Waals surface area contributed by atoms with Crippen molar-refractivity contribution in [1.29, 1.82) is 0 Å². The smallest absolute Gasteiger partial charge is 0.219 e. The van der Waals surface area contributed by atoms with Gasteiger partial charge in [-0.25, -0.2) is 13.6 Å². The largest absolute Gasteiger partial charge is 0.293 e. The van der Waals surface area contributed by atoms with Crippen molar-refractivity contribution in [3.63, 3.8) is 0 Å². The van der Waals surface area contributed by atoms with Crippen LogP contribution in [0.2, 0.25) is 0 Å². The summed E-state index contributed by atoms with van der Waals surface area (Å²) >= 11 is 0. The quantitative estimate of drug-likeness (QED) is 0.810. The molecule has 0 spiro atoms. The van der Waals surface area contributed by atoms with Gasteiger partial charge in [-0.1, -0.05) is 38.1 Å². The molecule has 0 saturated heterocycles. The molecule has 17 heavy (non-hydrogen) atoms. The van der Waals surface area contributed by atoms with Crippen LogP contribution in [0.5, 0.6) is 0 Å². The van der Waals surface area contributed by atoms with Crippen LogP contribution < -0.4 is 5.14 Å². The first-order valence-corrected chi connectivity index (χ1v) is 7.15. The summed E-state index contributed by atoms with van der Waals surface area (Å²) in [7, 11) is -3.83. The van der Waals surface area contributed by atoms with Crippen LogP contribution in [-0.4, -0.2) is 19.5 Å². The van der Waals surface area contributed by atoms with Gasteiger partial charge in [-0.3, -0.25) is 4.79 Å². The van der Waals surface area contributed by atoms with Crippen LogP contribution in [0.25, 0.3) is 0 Å². The van der Waals surface area contributed by atoms with Gasteiger partial charge in [-0.05, 0) is 18.4 Å². The molecule has 5 heteroatoms. The lowest BCUT2D eigenvalue weighted by Crippen LogP contribution is -2.35. The lowest BCUT2D eigenvalue weighted by atomic mass is 10.0. The van der Waals surface area contributed by atoms with Gasteiger partial charge >= 0.3 is 0 Å². The molecule has 0 amide bonds. The van der Waals surface area contributed by atoms with E-state index in [9.17, 15) is 13.2 Å². The van der Waals surface area contributed by atoms with E-state index < -0.39 is 21.1 Å². The van der Waals surface area contributed by atoms with Crippen LogP contribution in [0.1, 0.15) is 36.2 Å². The molecule has 94 valence electrons. The molecular formula is C12H17NO3S. The molecule has 1 aromatic rings.